The van der Waals surface area contributed by atoms with E-state index in [2.05, 4.69) is 42.7 Å². The number of anilines is 1. The third-order valence-electron chi connectivity index (χ3n) is 18.0. The molecule has 3 N–H and O–H groups in total. The molecule has 430 valence electrons. The first-order chi connectivity index (χ1) is 38.3. The molecule has 0 radical (unpaired) electrons. The summed E-state index contributed by atoms with van der Waals surface area (Å²) in [6, 6.07) is 16.2. The van der Waals surface area contributed by atoms with Gasteiger partial charge in [-0.05, 0) is 105 Å². The average Bonchev–Trinajstić information content (AvgIpc) is 4.21. The van der Waals surface area contributed by atoms with Gasteiger partial charge in [0.2, 0.25) is 23.6 Å². The van der Waals surface area contributed by atoms with Crippen LogP contribution < -0.4 is 15.5 Å². The number of nitrogens with one attached hydrogen (secondary N) is 2. The van der Waals surface area contributed by atoms with Crippen LogP contribution in [-0.4, -0.2) is 155 Å². The lowest BCUT2D eigenvalue weighted by molar-refractivity contribution is -0.203. The number of amides is 4. The molecule has 7 aliphatic rings. The maximum absolute atomic E-state index is 14.8. The van der Waals surface area contributed by atoms with Gasteiger partial charge in [0.15, 0.2) is 23.5 Å². The predicted molar refractivity (Wildman–Crippen MR) is 291 cm³/mol. The number of hydrogen-bond acceptors (Lipinski definition) is 14. The highest BCUT2D eigenvalue weighted by molar-refractivity contribution is 6.01. The average molecular weight is 1100 g/mol. The van der Waals surface area contributed by atoms with Crippen molar-refractivity contribution in [1.82, 2.24) is 15.5 Å². The Bertz CT molecular complexity index is 2570. The minimum Gasteiger partial charge on any atom is -0.393 e. The Morgan fingerprint density at radius 2 is 1.47 bits per heavy atom. The standard InChI is InChI=1S/C61H82N4O14/c1-4-10-57-78-51-36-47-46-19-18-44-35-45(66)22-24-59(44,2)58(46)49(67)37-60(47,3)61(51,79-57)50(68)40-77-56-15-9-26-64(56)55(72)38-63-53(70)23-27-73-29-31-75-33-34-76-32-30-74-28-25-62-52(69)20-21-54(71)65-39-43-13-6-5-11-41(43)16-17-42-12-7-8-14-48(42)65/h5-8,11-14,22,24,35,46-47,49,51,56-58,67H,4,9-10,15-21,23,25-34,36-40H2,1-3H3,(H,62,69)(H,63,70)/t46-,47-,49-,51+,56?,57?,58+,59-,60-,61+/m0/s1. The molecule has 0 bridgehead atoms. The van der Waals surface area contributed by atoms with Crippen LogP contribution in [0, 0.1) is 28.6 Å². The zero-order valence-corrected chi connectivity index (χ0v) is 46.4. The lowest BCUT2D eigenvalue weighted by atomic mass is 9.46. The lowest BCUT2D eigenvalue weighted by Gasteiger charge is -2.59. The van der Waals surface area contributed by atoms with Crippen LogP contribution in [0.25, 0.3) is 0 Å². The van der Waals surface area contributed by atoms with Crippen molar-refractivity contribution in [2.45, 2.75) is 141 Å². The quantitative estimate of drug-likeness (QED) is 0.0994. The van der Waals surface area contributed by atoms with E-state index in [-0.39, 0.29) is 98.6 Å². The lowest BCUT2D eigenvalue weighted by Crippen LogP contribution is -2.63. The molecule has 3 heterocycles. The highest BCUT2D eigenvalue weighted by Crippen LogP contribution is 2.70. The summed E-state index contributed by atoms with van der Waals surface area (Å²) in [6.07, 6.45) is 10.2. The number of aliphatic hydroxyl groups excluding tert-OH is 1. The molecule has 18 nitrogen and oxygen atoms in total. The second-order valence-electron chi connectivity index (χ2n) is 22.8. The Hall–Kier alpha value is -5.18. The van der Waals surface area contributed by atoms with Gasteiger partial charge in [-0.3, -0.25) is 28.8 Å². The highest BCUT2D eigenvalue weighted by Gasteiger charge is 2.76. The number of fused-ring (bicyclic) bond motifs is 9. The third-order valence-corrected chi connectivity index (χ3v) is 18.0. The van der Waals surface area contributed by atoms with Gasteiger partial charge in [0, 0.05) is 54.8 Å². The summed E-state index contributed by atoms with van der Waals surface area (Å²) in [4.78, 5) is 82.7. The van der Waals surface area contributed by atoms with Crippen molar-refractivity contribution in [1.29, 1.82) is 0 Å². The van der Waals surface area contributed by atoms with Crippen LogP contribution in [0.1, 0.15) is 108 Å². The van der Waals surface area contributed by atoms with Gasteiger partial charge in [0.1, 0.15) is 12.8 Å². The summed E-state index contributed by atoms with van der Waals surface area (Å²) in [5, 5.41) is 17.6. The second-order valence-corrected chi connectivity index (χ2v) is 22.8. The number of rotatable bonds is 26. The van der Waals surface area contributed by atoms with Crippen LogP contribution in [0.3, 0.4) is 0 Å². The van der Waals surface area contributed by atoms with E-state index in [1.807, 2.05) is 48.2 Å². The van der Waals surface area contributed by atoms with Gasteiger partial charge >= 0.3 is 0 Å². The Labute approximate surface area is 464 Å². The molecule has 0 aromatic heterocycles. The monoisotopic (exact) mass is 1090 g/mol. The molecule has 10 atom stereocenters. The van der Waals surface area contributed by atoms with Gasteiger partial charge < -0.3 is 58.7 Å². The fourth-order valence-electron chi connectivity index (χ4n) is 14.2. The molecule has 2 aromatic carbocycles. The largest absolute Gasteiger partial charge is 0.393 e. The van der Waals surface area contributed by atoms with Gasteiger partial charge in [-0.25, -0.2) is 0 Å². The number of nitrogens with zero attached hydrogens (tertiary/aromatic N) is 2. The topological polar surface area (TPSA) is 218 Å². The van der Waals surface area contributed by atoms with Crippen LogP contribution >= 0.6 is 0 Å². The molecule has 3 aliphatic heterocycles. The van der Waals surface area contributed by atoms with E-state index in [1.54, 1.807) is 17.1 Å². The van der Waals surface area contributed by atoms with Crippen molar-refractivity contribution in [3.8, 4) is 0 Å². The van der Waals surface area contributed by atoms with Gasteiger partial charge in [0.25, 0.3) is 0 Å². The molecule has 0 spiro atoms. The van der Waals surface area contributed by atoms with Crippen molar-refractivity contribution < 1.29 is 67.0 Å². The summed E-state index contributed by atoms with van der Waals surface area (Å²) in [5.41, 5.74) is 2.96. The number of allylic oxidation sites excluding steroid dienone is 4. The molecule has 3 saturated carbocycles. The fraction of sp³-hybridized carbons (Fsp3) is 0.639. The van der Waals surface area contributed by atoms with Gasteiger partial charge in [-0.2, -0.15) is 0 Å². The Morgan fingerprint density at radius 3 is 2.23 bits per heavy atom. The number of benzene rings is 2. The summed E-state index contributed by atoms with van der Waals surface area (Å²) in [6.45, 7) is 9.47. The highest BCUT2D eigenvalue weighted by atomic mass is 16.7. The predicted octanol–water partition coefficient (Wildman–Crippen LogP) is 5.49. The molecule has 79 heavy (non-hydrogen) atoms. The molecule has 18 heteroatoms. The number of aryl methyl sites for hydroxylation is 2. The Morgan fingerprint density at radius 1 is 0.785 bits per heavy atom. The molecule has 2 aromatic rings. The molecule has 4 aliphatic carbocycles. The number of ketones is 2. The Balaban J connectivity index is 0.604. The van der Waals surface area contributed by atoms with E-state index in [0.29, 0.717) is 91.4 Å². The number of aliphatic hydroxyl groups is 1. The molecular weight excluding hydrogens is 1010 g/mol. The first-order valence-corrected chi connectivity index (χ1v) is 28.9. The van der Waals surface area contributed by atoms with Crippen molar-refractivity contribution in [2.24, 2.45) is 28.6 Å². The molecular formula is C61H82N4O14. The van der Waals surface area contributed by atoms with Crippen LogP contribution in [0.2, 0.25) is 0 Å². The zero-order chi connectivity index (χ0) is 55.6. The van der Waals surface area contributed by atoms with E-state index in [9.17, 15) is 33.9 Å². The number of ether oxygens (including phenoxy) is 7. The summed E-state index contributed by atoms with van der Waals surface area (Å²) >= 11 is 0. The minimum atomic E-state index is -1.32. The number of carbonyl (C=O) groups is 6. The van der Waals surface area contributed by atoms with Gasteiger partial charge in [-0.15, -0.1) is 0 Å². The van der Waals surface area contributed by atoms with E-state index >= 15 is 0 Å². The zero-order valence-electron chi connectivity index (χ0n) is 46.4. The molecule has 4 amide bonds. The molecule has 2 unspecified atom stereocenters. The Kier molecular flexibility index (Phi) is 19.7. The molecule has 5 fully saturated rings. The minimum absolute atomic E-state index is 0.0160. The first-order valence-electron chi connectivity index (χ1n) is 28.9. The summed E-state index contributed by atoms with van der Waals surface area (Å²) in [7, 11) is 0. The third kappa shape index (κ3) is 13.0. The number of para-hydroxylation sites is 1. The molecule has 2 saturated heterocycles. The van der Waals surface area contributed by atoms with Crippen LogP contribution in [-0.2, 0) is 81.3 Å². The van der Waals surface area contributed by atoms with E-state index in [4.69, 9.17) is 33.2 Å². The van der Waals surface area contributed by atoms with Gasteiger partial charge in [-0.1, -0.05) is 81.3 Å². The maximum Gasteiger partial charge on any atom is 0.243 e. The van der Waals surface area contributed by atoms with Crippen LogP contribution in [0.15, 0.2) is 72.3 Å². The SMILES string of the molecule is CCCC1O[C@@H]2C[C@H]3[C@@H]4CCC5=CC(=O)C=C[C@]5(C)[C@H]4[C@@H](O)C[C@]3(C)[C@]2(C(=O)COC2CCCN2C(=O)CNC(=O)CCOCCOCCOCCOCCNC(=O)CCC(=O)N2Cc3ccccc3CCc3ccccc32)O1. The number of likely N-dealkylation sites (tertiary alicyclic amines) is 1. The van der Waals surface area contributed by atoms with E-state index in [0.717, 1.165) is 54.5 Å². The number of Topliss-reactive ketones (excluding diaryl/α,β-unsaturated/α-hetero) is 1. The summed E-state index contributed by atoms with van der Waals surface area (Å²) < 4.78 is 42.0. The van der Waals surface area contributed by atoms with E-state index in [1.165, 1.54) is 5.56 Å². The van der Waals surface area contributed by atoms with Crippen molar-refractivity contribution in [2.75, 3.05) is 84.0 Å². The number of carbonyl (C=O) groups excluding carboxylic acids is 6. The maximum atomic E-state index is 14.8. The fourth-order valence-corrected chi connectivity index (χ4v) is 14.2. The van der Waals surface area contributed by atoms with E-state index < -0.39 is 41.2 Å². The van der Waals surface area contributed by atoms with Gasteiger partial charge in [0.05, 0.1) is 78.2 Å². The van der Waals surface area contributed by atoms with Crippen molar-refractivity contribution in [3.63, 3.8) is 0 Å². The summed E-state index contributed by atoms with van der Waals surface area (Å²) in [5.74, 6) is -1.15. The molecule has 9 rings (SSSR count). The second kappa shape index (κ2) is 26.6. The van der Waals surface area contributed by atoms with Crippen molar-refractivity contribution in [3.05, 3.63) is 89.0 Å². The van der Waals surface area contributed by atoms with Crippen LogP contribution in [0.5, 0.6) is 0 Å². The van der Waals surface area contributed by atoms with Crippen LogP contribution in [0.4, 0.5) is 5.69 Å². The smallest absolute Gasteiger partial charge is 0.243 e. The first kappa shape index (κ1) is 58.5. The normalized spacial score (nSPS) is 29.5. The van der Waals surface area contributed by atoms with Crippen molar-refractivity contribution >= 4 is 40.9 Å². The number of hydrogen-bond donors (Lipinski definition) is 3.